The van der Waals surface area contributed by atoms with Crippen LogP contribution in [0.2, 0.25) is 0 Å². The highest BCUT2D eigenvalue weighted by Gasteiger charge is 2.08. The van der Waals surface area contributed by atoms with Crippen molar-refractivity contribution < 1.29 is 14.6 Å². The van der Waals surface area contributed by atoms with Crippen LogP contribution < -0.4 is 4.74 Å². The zero-order valence-corrected chi connectivity index (χ0v) is 8.73. The lowest BCUT2D eigenvalue weighted by atomic mass is 10.2. The van der Waals surface area contributed by atoms with E-state index in [1.165, 1.54) is 6.07 Å². The van der Waals surface area contributed by atoms with E-state index in [1.807, 2.05) is 19.1 Å². The molecule has 0 aliphatic rings. The van der Waals surface area contributed by atoms with E-state index in [4.69, 9.17) is 9.84 Å². The molecule has 4 heteroatoms. The van der Waals surface area contributed by atoms with Gasteiger partial charge < -0.3 is 9.84 Å². The van der Waals surface area contributed by atoms with Gasteiger partial charge in [0, 0.05) is 6.07 Å². The molecule has 0 spiro atoms. The minimum absolute atomic E-state index is 0.202. The van der Waals surface area contributed by atoms with Crippen LogP contribution in [0.1, 0.15) is 23.0 Å². The van der Waals surface area contributed by atoms with Crippen LogP contribution in [0.4, 0.5) is 0 Å². The minimum Gasteiger partial charge on any atom is -0.478 e. The minimum atomic E-state index is -0.972. The van der Waals surface area contributed by atoms with E-state index < -0.39 is 5.97 Å². The van der Waals surface area contributed by atoms with Crippen molar-refractivity contribution in [3.8, 4) is 5.88 Å². The van der Waals surface area contributed by atoms with Crippen LogP contribution in [-0.4, -0.2) is 22.7 Å². The van der Waals surface area contributed by atoms with Crippen LogP contribution in [0, 0.1) is 6.92 Å². The van der Waals surface area contributed by atoms with Gasteiger partial charge >= 0.3 is 5.97 Å². The number of allylic oxidation sites excluding steroid dienone is 1. The molecular weight excluding hydrogens is 194 g/mol. The quantitative estimate of drug-likeness (QED) is 0.767. The number of pyridine rings is 1. The molecule has 80 valence electrons. The van der Waals surface area contributed by atoms with E-state index in [2.05, 4.69) is 4.98 Å². The zero-order chi connectivity index (χ0) is 11.3. The summed E-state index contributed by atoms with van der Waals surface area (Å²) in [6.45, 7) is 3.98. The molecule has 4 nitrogen and oxygen atoms in total. The van der Waals surface area contributed by atoms with Gasteiger partial charge in [0.2, 0.25) is 5.88 Å². The molecule has 1 heterocycles. The van der Waals surface area contributed by atoms with Gasteiger partial charge in [0.05, 0.1) is 11.3 Å². The van der Waals surface area contributed by atoms with E-state index >= 15 is 0 Å². The fraction of sp³-hybridized carbons (Fsp3) is 0.273. The highest BCUT2D eigenvalue weighted by Crippen LogP contribution is 2.12. The Kier molecular flexibility index (Phi) is 3.85. The molecule has 0 aliphatic carbocycles. The second-order valence-corrected chi connectivity index (χ2v) is 2.97. The van der Waals surface area contributed by atoms with E-state index in [9.17, 15) is 4.79 Å². The van der Waals surface area contributed by atoms with Crippen LogP contribution >= 0.6 is 0 Å². The normalized spacial score (nSPS) is 10.5. The van der Waals surface area contributed by atoms with Gasteiger partial charge in [-0.05, 0) is 19.9 Å². The fourth-order valence-corrected chi connectivity index (χ4v) is 1.07. The highest BCUT2D eigenvalue weighted by atomic mass is 16.5. The second-order valence-electron chi connectivity index (χ2n) is 2.97. The van der Waals surface area contributed by atoms with Crippen LogP contribution in [0.25, 0.3) is 0 Å². The predicted octanol–water partition coefficient (Wildman–Crippen LogP) is 2.04. The molecule has 15 heavy (non-hydrogen) atoms. The third-order valence-corrected chi connectivity index (χ3v) is 1.85. The Morgan fingerprint density at radius 3 is 2.87 bits per heavy atom. The third-order valence-electron chi connectivity index (χ3n) is 1.85. The Hall–Kier alpha value is -1.84. The molecule has 0 bridgehead atoms. The monoisotopic (exact) mass is 207 g/mol. The van der Waals surface area contributed by atoms with Gasteiger partial charge in [0.1, 0.15) is 6.61 Å². The van der Waals surface area contributed by atoms with Crippen molar-refractivity contribution in [2.45, 2.75) is 13.8 Å². The number of carboxylic acids is 1. The maximum atomic E-state index is 10.7. The lowest BCUT2D eigenvalue weighted by Crippen LogP contribution is -2.03. The van der Waals surface area contributed by atoms with Crippen LogP contribution in [0.3, 0.4) is 0 Å². The first-order chi connectivity index (χ1) is 7.15. The largest absolute Gasteiger partial charge is 0.478 e. The van der Waals surface area contributed by atoms with Crippen LogP contribution in [-0.2, 0) is 0 Å². The summed E-state index contributed by atoms with van der Waals surface area (Å²) in [4.78, 5) is 14.7. The summed E-state index contributed by atoms with van der Waals surface area (Å²) in [7, 11) is 0. The van der Waals surface area contributed by atoms with Crippen molar-refractivity contribution in [2.75, 3.05) is 6.61 Å². The van der Waals surface area contributed by atoms with E-state index in [1.54, 1.807) is 13.0 Å². The van der Waals surface area contributed by atoms with E-state index in [-0.39, 0.29) is 5.56 Å². The number of hydrogen-bond donors (Lipinski definition) is 1. The Bertz CT molecular complexity index is 385. The van der Waals surface area contributed by atoms with Crippen molar-refractivity contribution in [3.05, 3.63) is 35.5 Å². The van der Waals surface area contributed by atoms with Crippen molar-refractivity contribution in [1.82, 2.24) is 4.98 Å². The van der Waals surface area contributed by atoms with Gasteiger partial charge in [-0.3, -0.25) is 0 Å². The topological polar surface area (TPSA) is 59.4 Å². The maximum absolute atomic E-state index is 10.7. The SMILES string of the molecule is C/C=C/COc1ccc(C(=O)O)c(C)n1. The molecule has 1 aromatic rings. The van der Waals surface area contributed by atoms with E-state index in [0.717, 1.165) is 0 Å². The number of ether oxygens (including phenoxy) is 1. The Morgan fingerprint density at radius 1 is 1.60 bits per heavy atom. The Morgan fingerprint density at radius 2 is 2.33 bits per heavy atom. The Labute approximate surface area is 88.2 Å². The standard InChI is InChI=1S/C11H13NO3/c1-3-4-7-15-10-6-5-9(11(13)14)8(2)12-10/h3-6H,7H2,1-2H3,(H,13,14)/b4-3+. The summed E-state index contributed by atoms with van der Waals surface area (Å²) >= 11 is 0. The summed E-state index contributed by atoms with van der Waals surface area (Å²) in [5.41, 5.74) is 0.661. The molecule has 0 unspecified atom stereocenters. The molecule has 0 radical (unpaired) electrons. The lowest BCUT2D eigenvalue weighted by molar-refractivity contribution is 0.0695. The fourth-order valence-electron chi connectivity index (χ4n) is 1.07. The maximum Gasteiger partial charge on any atom is 0.337 e. The number of aryl methyl sites for hydroxylation is 1. The van der Waals surface area contributed by atoms with Crippen LogP contribution in [0.5, 0.6) is 5.88 Å². The summed E-state index contributed by atoms with van der Waals surface area (Å²) in [5, 5.41) is 8.78. The molecule has 1 N–H and O–H groups in total. The lowest BCUT2D eigenvalue weighted by Gasteiger charge is -2.04. The average Bonchev–Trinajstić information content (AvgIpc) is 2.17. The third kappa shape index (κ3) is 3.09. The van der Waals surface area contributed by atoms with Crippen molar-refractivity contribution in [2.24, 2.45) is 0 Å². The van der Waals surface area contributed by atoms with Crippen molar-refractivity contribution in [3.63, 3.8) is 0 Å². The van der Waals surface area contributed by atoms with Gasteiger partial charge in [0.25, 0.3) is 0 Å². The number of aromatic carboxylic acids is 1. The number of aromatic nitrogens is 1. The molecule has 0 amide bonds. The van der Waals surface area contributed by atoms with Gasteiger partial charge in [-0.1, -0.05) is 12.2 Å². The second kappa shape index (κ2) is 5.14. The number of rotatable bonds is 4. The number of carbonyl (C=O) groups is 1. The van der Waals surface area contributed by atoms with Gasteiger partial charge in [0.15, 0.2) is 0 Å². The first-order valence-electron chi connectivity index (χ1n) is 4.60. The van der Waals surface area contributed by atoms with Gasteiger partial charge in [-0.25, -0.2) is 9.78 Å². The molecule has 0 fully saturated rings. The molecule has 0 saturated carbocycles. The molecule has 0 aromatic carbocycles. The van der Waals surface area contributed by atoms with Crippen molar-refractivity contribution >= 4 is 5.97 Å². The molecule has 0 saturated heterocycles. The first-order valence-corrected chi connectivity index (χ1v) is 4.60. The van der Waals surface area contributed by atoms with Gasteiger partial charge in [-0.2, -0.15) is 0 Å². The van der Waals surface area contributed by atoms with E-state index in [0.29, 0.717) is 18.2 Å². The van der Waals surface area contributed by atoms with Crippen molar-refractivity contribution in [1.29, 1.82) is 0 Å². The van der Waals surface area contributed by atoms with Crippen LogP contribution in [0.15, 0.2) is 24.3 Å². The Balaban J connectivity index is 2.77. The summed E-state index contributed by atoms with van der Waals surface area (Å²) in [6.07, 6.45) is 3.72. The number of carboxylic acid groups (broad SMARTS) is 1. The number of nitrogens with zero attached hydrogens (tertiary/aromatic N) is 1. The smallest absolute Gasteiger partial charge is 0.337 e. The average molecular weight is 207 g/mol. The first kappa shape index (κ1) is 11.2. The molecule has 1 aromatic heterocycles. The molecular formula is C11H13NO3. The molecule has 0 aliphatic heterocycles. The highest BCUT2D eigenvalue weighted by molar-refractivity contribution is 5.88. The summed E-state index contributed by atoms with van der Waals surface area (Å²) in [6, 6.07) is 3.05. The molecule has 1 rings (SSSR count). The van der Waals surface area contributed by atoms with Gasteiger partial charge in [-0.15, -0.1) is 0 Å². The summed E-state index contributed by atoms with van der Waals surface area (Å²) < 4.78 is 5.27. The summed E-state index contributed by atoms with van der Waals surface area (Å²) in [5.74, 6) is -0.532. The number of hydrogen-bond acceptors (Lipinski definition) is 3. The molecule has 0 atom stereocenters. The predicted molar refractivity (Wildman–Crippen MR) is 56.2 cm³/mol. The zero-order valence-electron chi connectivity index (χ0n) is 8.73.